The number of rotatable bonds is 7. The Kier molecular flexibility index (Phi) is 6.61. The number of methoxy groups -OCH3 is 1. The molecule has 6 nitrogen and oxygen atoms in total. The highest BCUT2D eigenvalue weighted by Crippen LogP contribution is 2.15. The molecule has 2 heterocycles. The Morgan fingerprint density at radius 2 is 2.09 bits per heavy atom. The standard InChI is InChI=1S/C16H26N4O2/c1-3-19-8-10-20(11-9-19)14-5-6-15(18-13-14)16(21)17-7-4-12-22-2/h5-6,13H,3-4,7-12H2,1-2H3,(H,17,21). The third-order valence-corrected chi connectivity index (χ3v) is 3.98. The van der Waals surface area contributed by atoms with Crippen LogP contribution in [0.5, 0.6) is 0 Å². The third kappa shape index (κ3) is 4.68. The molecule has 1 aromatic heterocycles. The summed E-state index contributed by atoms with van der Waals surface area (Å²) in [5.41, 5.74) is 1.56. The number of nitrogens with zero attached hydrogens (tertiary/aromatic N) is 3. The molecule has 1 N–H and O–H groups in total. The molecule has 122 valence electrons. The van der Waals surface area contributed by atoms with Crippen LogP contribution in [0.1, 0.15) is 23.8 Å². The predicted octanol–water partition coefficient (Wildman–Crippen LogP) is 0.990. The van der Waals surface area contributed by atoms with Gasteiger partial charge in [0.2, 0.25) is 0 Å². The van der Waals surface area contributed by atoms with Gasteiger partial charge in [0, 0.05) is 46.4 Å². The number of anilines is 1. The van der Waals surface area contributed by atoms with Crippen molar-refractivity contribution in [1.29, 1.82) is 0 Å². The summed E-state index contributed by atoms with van der Waals surface area (Å²) in [6.07, 6.45) is 2.60. The van der Waals surface area contributed by atoms with Crippen LogP contribution in [0.2, 0.25) is 0 Å². The number of amides is 1. The maximum atomic E-state index is 11.9. The van der Waals surface area contributed by atoms with E-state index in [-0.39, 0.29) is 5.91 Å². The Morgan fingerprint density at radius 3 is 2.68 bits per heavy atom. The Labute approximate surface area is 132 Å². The van der Waals surface area contributed by atoms with Gasteiger partial charge in [0.1, 0.15) is 5.69 Å². The summed E-state index contributed by atoms with van der Waals surface area (Å²) in [5.74, 6) is -0.126. The molecule has 0 aromatic carbocycles. The molecule has 0 spiro atoms. The molecule has 1 aromatic rings. The zero-order chi connectivity index (χ0) is 15.8. The van der Waals surface area contributed by atoms with E-state index in [4.69, 9.17) is 4.74 Å². The second-order valence-electron chi connectivity index (χ2n) is 5.43. The van der Waals surface area contributed by atoms with Crippen LogP contribution in [0.25, 0.3) is 0 Å². The first-order valence-corrected chi connectivity index (χ1v) is 7.95. The minimum Gasteiger partial charge on any atom is -0.385 e. The lowest BCUT2D eigenvalue weighted by Crippen LogP contribution is -2.46. The van der Waals surface area contributed by atoms with Crippen molar-refractivity contribution in [2.24, 2.45) is 0 Å². The summed E-state index contributed by atoms with van der Waals surface area (Å²) in [4.78, 5) is 21.0. The smallest absolute Gasteiger partial charge is 0.269 e. The molecule has 2 rings (SSSR count). The SMILES string of the molecule is CCN1CCN(c2ccc(C(=O)NCCCOC)nc2)CC1. The molecule has 1 aliphatic rings. The van der Waals surface area contributed by atoms with E-state index in [1.807, 2.05) is 6.07 Å². The Hall–Kier alpha value is -1.66. The van der Waals surface area contributed by atoms with Crippen molar-refractivity contribution in [2.45, 2.75) is 13.3 Å². The first kappa shape index (κ1) is 16.7. The highest BCUT2D eigenvalue weighted by molar-refractivity contribution is 5.92. The zero-order valence-corrected chi connectivity index (χ0v) is 13.5. The van der Waals surface area contributed by atoms with Crippen LogP contribution in [-0.2, 0) is 4.74 Å². The van der Waals surface area contributed by atoms with Gasteiger partial charge in [0.15, 0.2) is 0 Å². The molecule has 1 fully saturated rings. The fourth-order valence-electron chi connectivity index (χ4n) is 2.54. The van der Waals surface area contributed by atoms with Crippen LogP contribution in [0, 0.1) is 0 Å². The van der Waals surface area contributed by atoms with Gasteiger partial charge in [-0.15, -0.1) is 0 Å². The minimum absolute atomic E-state index is 0.126. The first-order chi connectivity index (χ1) is 10.7. The van der Waals surface area contributed by atoms with Crippen molar-refractivity contribution in [3.63, 3.8) is 0 Å². The van der Waals surface area contributed by atoms with Crippen molar-refractivity contribution in [2.75, 3.05) is 57.9 Å². The molecule has 1 aliphatic heterocycles. The Morgan fingerprint density at radius 1 is 1.32 bits per heavy atom. The van der Waals surface area contributed by atoms with Crippen molar-refractivity contribution in [1.82, 2.24) is 15.2 Å². The van der Waals surface area contributed by atoms with Gasteiger partial charge in [-0.3, -0.25) is 4.79 Å². The second-order valence-corrected chi connectivity index (χ2v) is 5.43. The van der Waals surface area contributed by atoms with Gasteiger partial charge < -0.3 is 19.9 Å². The van der Waals surface area contributed by atoms with Crippen LogP contribution in [0.4, 0.5) is 5.69 Å². The van der Waals surface area contributed by atoms with Crippen molar-refractivity contribution >= 4 is 11.6 Å². The number of likely N-dealkylation sites (N-methyl/N-ethyl adjacent to an activating group) is 1. The molecule has 1 amide bonds. The Balaban J connectivity index is 1.83. The summed E-state index contributed by atoms with van der Waals surface area (Å²) in [6.45, 7) is 8.74. The summed E-state index contributed by atoms with van der Waals surface area (Å²) in [6, 6.07) is 3.78. The second kappa shape index (κ2) is 8.70. The monoisotopic (exact) mass is 306 g/mol. The number of hydrogen-bond donors (Lipinski definition) is 1. The fraction of sp³-hybridized carbons (Fsp3) is 0.625. The number of carbonyl (C=O) groups excluding carboxylic acids is 1. The van der Waals surface area contributed by atoms with Gasteiger partial charge in [-0.1, -0.05) is 6.92 Å². The Bertz CT molecular complexity index is 456. The van der Waals surface area contributed by atoms with E-state index in [0.29, 0.717) is 18.8 Å². The maximum Gasteiger partial charge on any atom is 0.269 e. The summed E-state index contributed by atoms with van der Waals surface area (Å²) < 4.78 is 4.95. The van der Waals surface area contributed by atoms with Crippen molar-refractivity contribution in [3.05, 3.63) is 24.0 Å². The largest absolute Gasteiger partial charge is 0.385 e. The van der Waals surface area contributed by atoms with Gasteiger partial charge in [0.25, 0.3) is 5.91 Å². The molecule has 0 radical (unpaired) electrons. The predicted molar refractivity (Wildman–Crippen MR) is 87.4 cm³/mol. The van der Waals surface area contributed by atoms with Gasteiger partial charge in [-0.25, -0.2) is 4.98 Å². The van der Waals surface area contributed by atoms with Gasteiger partial charge >= 0.3 is 0 Å². The number of aromatic nitrogens is 1. The molecule has 0 unspecified atom stereocenters. The molecule has 0 saturated carbocycles. The number of piperazine rings is 1. The number of carbonyl (C=O) groups is 1. The number of pyridine rings is 1. The maximum absolute atomic E-state index is 11.9. The van der Waals surface area contributed by atoms with E-state index in [1.165, 1.54) is 0 Å². The topological polar surface area (TPSA) is 57.7 Å². The normalized spacial score (nSPS) is 15.8. The van der Waals surface area contributed by atoms with Gasteiger partial charge in [0.05, 0.1) is 11.9 Å². The van der Waals surface area contributed by atoms with E-state index in [2.05, 4.69) is 27.0 Å². The lowest BCUT2D eigenvalue weighted by molar-refractivity contribution is 0.0943. The average molecular weight is 306 g/mol. The molecular weight excluding hydrogens is 280 g/mol. The molecule has 0 bridgehead atoms. The highest BCUT2D eigenvalue weighted by atomic mass is 16.5. The number of nitrogens with one attached hydrogen (secondary N) is 1. The average Bonchev–Trinajstić information content (AvgIpc) is 2.59. The number of hydrogen-bond acceptors (Lipinski definition) is 5. The van der Waals surface area contributed by atoms with Crippen LogP contribution in [-0.4, -0.2) is 68.8 Å². The molecule has 0 atom stereocenters. The van der Waals surface area contributed by atoms with Crippen LogP contribution >= 0.6 is 0 Å². The quantitative estimate of drug-likeness (QED) is 0.761. The van der Waals surface area contributed by atoms with Crippen LogP contribution in [0.15, 0.2) is 18.3 Å². The third-order valence-electron chi connectivity index (χ3n) is 3.98. The lowest BCUT2D eigenvalue weighted by Gasteiger charge is -2.35. The fourth-order valence-corrected chi connectivity index (χ4v) is 2.54. The van der Waals surface area contributed by atoms with Crippen LogP contribution < -0.4 is 10.2 Å². The zero-order valence-electron chi connectivity index (χ0n) is 13.5. The van der Waals surface area contributed by atoms with Gasteiger partial charge in [-0.05, 0) is 25.1 Å². The highest BCUT2D eigenvalue weighted by Gasteiger charge is 2.16. The van der Waals surface area contributed by atoms with Crippen molar-refractivity contribution in [3.8, 4) is 0 Å². The molecule has 1 saturated heterocycles. The molecule has 22 heavy (non-hydrogen) atoms. The molecule has 6 heteroatoms. The van der Waals surface area contributed by atoms with Gasteiger partial charge in [-0.2, -0.15) is 0 Å². The van der Waals surface area contributed by atoms with E-state index >= 15 is 0 Å². The lowest BCUT2D eigenvalue weighted by atomic mass is 10.2. The summed E-state index contributed by atoms with van der Waals surface area (Å²) in [5, 5.41) is 2.84. The van der Waals surface area contributed by atoms with E-state index in [1.54, 1.807) is 19.4 Å². The minimum atomic E-state index is -0.126. The number of ether oxygens (including phenoxy) is 1. The van der Waals surface area contributed by atoms with E-state index in [9.17, 15) is 4.79 Å². The molecular formula is C16H26N4O2. The van der Waals surface area contributed by atoms with Crippen molar-refractivity contribution < 1.29 is 9.53 Å². The summed E-state index contributed by atoms with van der Waals surface area (Å²) >= 11 is 0. The van der Waals surface area contributed by atoms with E-state index < -0.39 is 0 Å². The van der Waals surface area contributed by atoms with E-state index in [0.717, 1.165) is 44.8 Å². The summed E-state index contributed by atoms with van der Waals surface area (Å²) in [7, 11) is 1.66. The first-order valence-electron chi connectivity index (χ1n) is 7.95. The molecule has 0 aliphatic carbocycles. The van der Waals surface area contributed by atoms with Crippen LogP contribution in [0.3, 0.4) is 0 Å².